The number of halogens is 2. The minimum absolute atomic E-state index is 0.193. The van der Waals surface area contributed by atoms with Crippen molar-refractivity contribution in [3.8, 4) is 5.88 Å². The number of aromatic nitrogens is 2. The number of aryl methyl sites for hydroxylation is 2. The second-order valence-corrected chi connectivity index (χ2v) is 7.22. The Kier molecular flexibility index (Phi) is 5.11. The molecule has 0 bridgehead atoms. The quantitative estimate of drug-likeness (QED) is 0.672. The molecule has 2 aromatic heterocycles. The van der Waals surface area contributed by atoms with Crippen LogP contribution in [0.25, 0.3) is 5.52 Å². The van der Waals surface area contributed by atoms with Gasteiger partial charge in [0.05, 0.1) is 22.3 Å². The third-order valence-corrected chi connectivity index (χ3v) is 5.03. The Morgan fingerprint density at radius 2 is 2.03 bits per heavy atom. The molecule has 1 aromatic carbocycles. The number of pyridine rings is 1. The highest BCUT2D eigenvalue weighted by Crippen LogP contribution is 2.25. The Bertz CT molecular complexity index is 1140. The number of hydrogen-bond acceptors (Lipinski definition) is 4. The van der Waals surface area contributed by atoms with Crippen molar-refractivity contribution in [2.75, 3.05) is 6.54 Å². The molecule has 1 aliphatic rings. The summed E-state index contributed by atoms with van der Waals surface area (Å²) in [5.74, 6) is -1.80. The van der Waals surface area contributed by atoms with E-state index in [-0.39, 0.29) is 24.0 Å². The Morgan fingerprint density at radius 1 is 1.30 bits per heavy atom. The van der Waals surface area contributed by atoms with Crippen LogP contribution in [0.4, 0.5) is 8.78 Å². The van der Waals surface area contributed by atoms with Crippen LogP contribution in [-0.2, 0) is 11.4 Å². The van der Waals surface area contributed by atoms with E-state index in [0.29, 0.717) is 29.7 Å². The summed E-state index contributed by atoms with van der Waals surface area (Å²) in [6, 6.07) is 6.45. The van der Waals surface area contributed by atoms with Gasteiger partial charge in [0.2, 0.25) is 11.8 Å². The van der Waals surface area contributed by atoms with E-state index in [9.17, 15) is 18.4 Å². The minimum Gasteiger partial charge on any atom is -0.473 e. The summed E-state index contributed by atoms with van der Waals surface area (Å²) in [5, 5.41) is 9.78. The molecule has 0 unspecified atom stereocenters. The third kappa shape index (κ3) is 3.58. The lowest BCUT2D eigenvalue weighted by molar-refractivity contribution is -0.120. The predicted molar refractivity (Wildman–Crippen MR) is 104 cm³/mol. The van der Waals surface area contributed by atoms with Crippen LogP contribution in [0.1, 0.15) is 33.6 Å². The Morgan fingerprint density at radius 3 is 2.70 bits per heavy atom. The van der Waals surface area contributed by atoms with E-state index in [4.69, 9.17) is 4.74 Å². The summed E-state index contributed by atoms with van der Waals surface area (Å²) in [5.41, 5.74) is 1.83. The highest BCUT2D eigenvalue weighted by atomic mass is 19.1. The van der Waals surface area contributed by atoms with Gasteiger partial charge in [-0.1, -0.05) is 6.07 Å². The summed E-state index contributed by atoms with van der Waals surface area (Å²) in [6.45, 7) is 3.66. The van der Waals surface area contributed by atoms with Gasteiger partial charge in [0.1, 0.15) is 24.3 Å². The normalized spacial score (nSPS) is 16.0. The zero-order valence-electron chi connectivity index (χ0n) is 16.5. The van der Waals surface area contributed by atoms with Gasteiger partial charge in [0, 0.05) is 12.6 Å². The van der Waals surface area contributed by atoms with Crippen molar-refractivity contribution in [1.82, 2.24) is 20.2 Å². The predicted octanol–water partition coefficient (Wildman–Crippen LogP) is 2.43. The number of nitrogens with one attached hydrogen (secondary N) is 2. The number of nitrogens with zero attached hydrogens (tertiary/aromatic N) is 2. The second kappa shape index (κ2) is 7.74. The fourth-order valence-electron chi connectivity index (χ4n) is 3.52. The number of amides is 2. The van der Waals surface area contributed by atoms with Crippen LogP contribution in [-0.4, -0.2) is 34.0 Å². The number of carbonyl (C=O) groups excluding carboxylic acids is 2. The van der Waals surface area contributed by atoms with Crippen molar-refractivity contribution < 1.29 is 23.1 Å². The lowest BCUT2D eigenvalue weighted by Gasteiger charge is -2.12. The molecule has 1 aliphatic heterocycles. The van der Waals surface area contributed by atoms with Crippen molar-refractivity contribution in [1.29, 1.82) is 0 Å². The van der Waals surface area contributed by atoms with Crippen LogP contribution in [0, 0.1) is 25.5 Å². The fourth-order valence-corrected chi connectivity index (χ4v) is 3.52. The Hall–Kier alpha value is -3.49. The van der Waals surface area contributed by atoms with Gasteiger partial charge in [0.25, 0.3) is 5.91 Å². The van der Waals surface area contributed by atoms with E-state index in [1.54, 1.807) is 19.1 Å². The van der Waals surface area contributed by atoms with Gasteiger partial charge in [0.15, 0.2) is 0 Å². The highest BCUT2D eigenvalue weighted by Gasteiger charge is 2.28. The number of fused-ring (bicyclic) bond motifs is 1. The molecule has 30 heavy (non-hydrogen) atoms. The molecule has 9 heteroatoms. The SMILES string of the molecule is Cc1cc(OCc2c(F)cccc2F)n2nc(C)c(C(=O)N[C@H]3CCNC3=O)c2c1. The molecular weight excluding hydrogens is 394 g/mol. The zero-order chi connectivity index (χ0) is 21.4. The molecule has 2 amide bonds. The van der Waals surface area contributed by atoms with Gasteiger partial charge in [-0.2, -0.15) is 9.61 Å². The van der Waals surface area contributed by atoms with Crippen molar-refractivity contribution in [2.24, 2.45) is 0 Å². The van der Waals surface area contributed by atoms with Crippen LogP contribution < -0.4 is 15.4 Å². The van der Waals surface area contributed by atoms with Crippen LogP contribution in [0.15, 0.2) is 30.3 Å². The monoisotopic (exact) mass is 414 g/mol. The maximum atomic E-state index is 13.9. The van der Waals surface area contributed by atoms with Gasteiger partial charge in [-0.3, -0.25) is 9.59 Å². The van der Waals surface area contributed by atoms with E-state index < -0.39 is 23.6 Å². The molecule has 1 fully saturated rings. The molecule has 156 valence electrons. The van der Waals surface area contributed by atoms with Crippen LogP contribution in [0.2, 0.25) is 0 Å². The molecule has 0 radical (unpaired) electrons. The largest absolute Gasteiger partial charge is 0.473 e. The van der Waals surface area contributed by atoms with Crippen LogP contribution in [0.3, 0.4) is 0 Å². The first kappa shape index (κ1) is 19.8. The summed E-state index contributed by atoms with van der Waals surface area (Å²) >= 11 is 0. The summed E-state index contributed by atoms with van der Waals surface area (Å²) in [7, 11) is 0. The summed E-state index contributed by atoms with van der Waals surface area (Å²) < 4.78 is 34.9. The smallest absolute Gasteiger partial charge is 0.256 e. The molecule has 1 saturated heterocycles. The third-order valence-electron chi connectivity index (χ3n) is 5.03. The number of benzene rings is 1. The van der Waals surface area contributed by atoms with E-state index in [2.05, 4.69) is 15.7 Å². The summed E-state index contributed by atoms with van der Waals surface area (Å²) in [4.78, 5) is 24.6. The highest BCUT2D eigenvalue weighted by molar-refractivity contribution is 6.04. The molecule has 0 saturated carbocycles. The zero-order valence-corrected chi connectivity index (χ0v) is 16.5. The lowest BCUT2D eigenvalue weighted by Crippen LogP contribution is -2.40. The number of rotatable bonds is 5. The second-order valence-electron chi connectivity index (χ2n) is 7.22. The molecule has 1 atom stereocenters. The van der Waals surface area contributed by atoms with Gasteiger partial charge < -0.3 is 15.4 Å². The van der Waals surface area contributed by atoms with Crippen LogP contribution >= 0.6 is 0 Å². The molecule has 0 spiro atoms. The van der Waals surface area contributed by atoms with Crippen molar-refractivity contribution in [2.45, 2.75) is 32.9 Å². The lowest BCUT2D eigenvalue weighted by atomic mass is 10.1. The van der Waals surface area contributed by atoms with Gasteiger partial charge in [-0.15, -0.1) is 0 Å². The molecule has 3 heterocycles. The van der Waals surface area contributed by atoms with Crippen LogP contribution in [0.5, 0.6) is 5.88 Å². The first-order chi connectivity index (χ1) is 14.3. The molecular formula is C21H20F2N4O3. The Balaban J connectivity index is 1.66. The topological polar surface area (TPSA) is 84.7 Å². The van der Waals surface area contributed by atoms with Crippen molar-refractivity contribution in [3.05, 3.63) is 64.4 Å². The maximum absolute atomic E-state index is 13.9. The van der Waals surface area contributed by atoms with Crippen molar-refractivity contribution >= 4 is 17.3 Å². The fraction of sp³-hybridized carbons (Fsp3) is 0.286. The first-order valence-corrected chi connectivity index (χ1v) is 9.49. The number of hydrogen-bond donors (Lipinski definition) is 2. The van der Waals surface area contributed by atoms with E-state index in [0.717, 1.165) is 17.7 Å². The number of ether oxygens (including phenoxy) is 1. The Labute approximate surface area is 171 Å². The molecule has 7 nitrogen and oxygen atoms in total. The molecule has 0 aliphatic carbocycles. The van der Waals surface area contributed by atoms with Crippen molar-refractivity contribution in [3.63, 3.8) is 0 Å². The molecule has 2 N–H and O–H groups in total. The number of carbonyl (C=O) groups is 2. The standard InChI is InChI=1S/C21H20F2N4O3/c1-11-8-17-19(21(29)25-16-6-7-24-20(16)28)12(2)26-27(17)18(9-11)30-10-13-14(22)4-3-5-15(13)23/h3-5,8-9,16H,6-7,10H2,1-2H3,(H,24,28)(H,25,29)/t16-/m0/s1. The maximum Gasteiger partial charge on any atom is 0.256 e. The first-order valence-electron chi connectivity index (χ1n) is 9.49. The summed E-state index contributed by atoms with van der Waals surface area (Å²) in [6.07, 6.45) is 0.518. The van der Waals surface area contributed by atoms with E-state index >= 15 is 0 Å². The molecule has 4 rings (SSSR count). The minimum atomic E-state index is -0.703. The average Bonchev–Trinajstić information content (AvgIpc) is 3.23. The van der Waals surface area contributed by atoms with E-state index in [1.165, 1.54) is 10.6 Å². The molecule has 3 aromatic rings. The average molecular weight is 414 g/mol. The van der Waals surface area contributed by atoms with Gasteiger partial charge >= 0.3 is 0 Å². The van der Waals surface area contributed by atoms with Gasteiger partial charge in [-0.25, -0.2) is 8.78 Å². The van der Waals surface area contributed by atoms with Gasteiger partial charge in [-0.05, 0) is 44.0 Å². The van der Waals surface area contributed by atoms with E-state index in [1.807, 2.05) is 6.92 Å².